The topological polar surface area (TPSA) is 37.8 Å². The number of aromatic nitrogens is 2. The van der Waals surface area contributed by atoms with Crippen LogP contribution in [0.25, 0.3) is 0 Å². The van der Waals surface area contributed by atoms with Crippen LogP contribution in [0.2, 0.25) is 0 Å². The van der Waals surface area contributed by atoms with Crippen LogP contribution in [0, 0.1) is 5.92 Å². The first-order valence-corrected chi connectivity index (χ1v) is 8.56. The van der Waals surface area contributed by atoms with E-state index in [0.29, 0.717) is 5.92 Å². The Bertz CT molecular complexity index is 323. The van der Waals surface area contributed by atoms with Gasteiger partial charge in [-0.15, -0.1) is 21.5 Å². The summed E-state index contributed by atoms with van der Waals surface area (Å²) in [6.45, 7) is 8.61. The van der Waals surface area contributed by atoms with Gasteiger partial charge in [-0.1, -0.05) is 52.9 Å². The van der Waals surface area contributed by atoms with Crippen molar-refractivity contribution in [3.8, 4) is 0 Å². The molecule has 1 aromatic rings. The highest BCUT2D eigenvalue weighted by molar-refractivity contribution is 7.11. The lowest BCUT2D eigenvalue weighted by molar-refractivity contribution is 0.550. The standard InChI is InChI=1S/C15H29N3S/c1-4-5-6-7-8-9-10-14-17-18-15(19-14)12-16-11-13(2)3/h13,16H,4-12H2,1-3H3. The van der Waals surface area contributed by atoms with Gasteiger partial charge in [0, 0.05) is 13.0 Å². The van der Waals surface area contributed by atoms with Gasteiger partial charge < -0.3 is 5.32 Å². The Morgan fingerprint density at radius 2 is 1.68 bits per heavy atom. The highest BCUT2D eigenvalue weighted by Crippen LogP contribution is 2.14. The first-order valence-electron chi connectivity index (χ1n) is 7.74. The molecule has 0 spiro atoms. The second kappa shape index (κ2) is 10.3. The van der Waals surface area contributed by atoms with Gasteiger partial charge in [-0.25, -0.2) is 0 Å². The van der Waals surface area contributed by atoms with E-state index in [1.54, 1.807) is 11.3 Å². The monoisotopic (exact) mass is 283 g/mol. The van der Waals surface area contributed by atoms with Crippen LogP contribution in [0.4, 0.5) is 0 Å². The van der Waals surface area contributed by atoms with E-state index in [0.717, 1.165) is 24.5 Å². The van der Waals surface area contributed by atoms with E-state index < -0.39 is 0 Å². The summed E-state index contributed by atoms with van der Waals surface area (Å²) in [5, 5.41) is 14.3. The molecular weight excluding hydrogens is 254 g/mol. The Hall–Kier alpha value is -0.480. The molecule has 0 saturated carbocycles. The maximum absolute atomic E-state index is 4.28. The second-order valence-corrected chi connectivity index (χ2v) is 6.78. The molecule has 0 saturated heterocycles. The van der Waals surface area contributed by atoms with E-state index in [9.17, 15) is 0 Å². The Kier molecular flexibility index (Phi) is 9.01. The second-order valence-electron chi connectivity index (χ2n) is 5.63. The smallest absolute Gasteiger partial charge is 0.131 e. The molecule has 1 N–H and O–H groups in total. The first kappa shape index (κ1) is 16.6. The minimum atomic E-state index is 0.690. The summed E-state index contributed by atoms with van der Waals surface area (Å²) in [6.07, 6.45) is 9.16. The third kappa shape index (κ3) is 8.32. The Balaban J connectivity index is 2.09. The van der Waals surface area contributed by atoms with Crippen LogP contribution in [0.1, 0.15) is 69.3 Å². The first-order chi connectivity index (χ1) is 9.22. The van der Waals surface area contributed by atoms with Crippen LogP contribution >= 0.6 is 11.3 Å². The molecule has 0 fully saturated rings. The average molecular weight is 283 g/mol. The van der Waals surface area contributed by atoms with Gasteiger partial charge in [0.2, 0.25) is 0 Å². The van der Waals surface area contributed by atoms with Crippen molar-refractivity contribution < 1.29 is 0 Å². The van der Waals surface area contributed by atoms with Gasteiger partial charge in [-0.2, -0.15) is 0 Å². The van der Waals surface area contributed by atoms with E-state index in [-0.39, 0.29) is 0 Å². The zero-order chi connectivity index (χ0) is 13.9. The zero-order valence-electron chi connectivity index (χ0n) is 12.7. The summed E-state index contributed by atoms with van der Waals surface area (Å²) in [5.41, 5.74) is 0. The van der Waals surface area contributed by atoms with Gasteiger partial charge in [0.15, 0.2) is 0 Å². The van der Waals surface area contributed by atoms with Gasteiger partial charge in [0.1, 0.15) is 10.0 Å². The number of rotatable bonds is 11. The van der Waals surface area contributed by atoms with Crippen molar-refractivity contribution in [2.75, 3.05) is 6.54 Å². The Labute approximate surface area is 122 Å². The minimum absolute atomic E-state index is 0.690. The normalized spacial score (nSPS) is 11.4. The molecule has 0 bridgehead atoms. The van der Waals surface area contributed by atoms with Crippen LogP contribution in [0.5, 0.6) is 0 Å². The van der Waals surface area contributed by atoms with Gasteiger partial charge in [0.05, 0.1) is 0 Å². The molecule has 0 atom stereocenters. The highest BCUT2D eigenvalue weighted by atomic mass is 32.1. The summed E-state index contributed by atoms with van der Waals surface area (Å²) in [4.78, 5) is 0. The lowest BCUT2D eigenvalue weighted by Crippen LogP contribution is -2.18. The molecule has 1 aromatic heterocycles. The number of unbranched alkanes of at least 4 members (excludes halogenated alkanes) is 5. The van der Waals surface area contributed by atoms with Crippen LogP contribution in [0.3, 0.4) is 0 Å². The molecule has 1 rings (SSSR count). The minimum Gasteiger partial charge on any atom is -0.310 e. The highest BCUT2D eigenvalue weighted by Gasteiger charge is 2.04. The van der Waals surface area contributed by atoms with Gasteiger partial charge in [-0.05, 0) is 18.9 Å². The molecular formula is C15H29N3S. The van der Waals surface area contributed by atoms with E-state index in [1.165, 1.54) is 43.5 Å². The lowest BCUT2D eigenvalue weighted by Gasteiger charge is -2.03. The van der Waals surface area contributed by atoms with Crippen molar-refractivity contribution in [1.82, 2.24) is 15.5 Å². The average Bonchev–Trinajstić information content (AvgIpc) is 2.81. The van der Waals surface area contributed by atoms with Crippen LogP contribution in [-0.2, 0) is 13.0 Å². The van der Waals surface area contributed by atoms with Gasteiger partial charge in [-0.3, -0.25) is 0 Å². The number of hydrogen-bond acceptors (Lipinski definition) is 4. The largest absolute Gasteiger partial charge is 0.310 e. The van der Waals surface area contributed by atoms with Crippen LogP contribution in [-0.4, -0.2) is 16.7 Å². The quantitative estimate of drug-likeness (QED) is 0.619. The summed E-state index contributed by atoms with van der Waals surface area (Å²) in [6, 6.07) is 0. The van der Waals surface area contributed by atoms with E-state index in [2.05, 4.69) is 36.3 Å². The van der Waals surface area contributed by atoms with Crippen molar-refractivity contribution in [1.29, 1.82) is 0 Å². The maximum Gasteiger partial charge on any atom is 0.131 e. The predicted octanol–water partition coefficient (Wildman–Crippen LogP) is 4.19. The molecule has 0 aliphatic carbocycles. The molecule has 110 valence electrons. The lowest BCUT2D eigenvalue weighted by atomic mass is 10.1. The molecule has 4 heteroatoms. The molecule has 19 heavy (non-hydrogen) atoms. The fourth-order valence-corrected chi connectivity index (χ4v) is 2.84. The van der Waals surface area contributed by atoms with Gasteiger partial charge in [0.25, 0.3) is 0 Å². The van der Waals surface area contributed by atoms with E-state index >= 15 is 0 Å². The third-order valence-corrected chi connectivity index (χ3v) is 4.06. The van der Waals surface area contributed by atoms with Crippen molar-refractivity contribution in [3.63, 3.8) is 0 Å². The fourth-order valence-electron chi connectivity index (χ4n) is 1.99. The molecule has 0 unspecified atom stereocenters. The van der Waals surface area contributed by atoms with Gasteiger partial charge >= 0.3 is 0 Å². The summed E-state index contributed by atoms with van der Waals surface area (Å²) in [7, 11) is 0. The molecule has 0 radical (unpaired) electrons. The molecule has 0 aromatic carbocycles. The summed E-state index contributed by atoms with van der Waals surface area (Å²) < 4.78 is 0. The van der Waals surface area contributed by atoms with E-state index in [4.69, 9.17) is 0 Å². The number of nitrogens with one attached hydrogen (secondary N) is 1. The number of hydrogen-bond donors (Lipinski definition) is 1. The molecule has 3 nitrogen and oxygen atoms in total. The van der Waals surface area contributed by atoms with Crippen LogP contribution < -0.4 is 5.32 Å². The SMILES string of the molecule is CCCCCCCCc1nnc(CNCC(C)C)s1. The molecule has 0 amide bonds. The third-order valence-electron chi connectivity index (χ3n) is 3.08. The summed E-state index contributed by atoms with van der Waals surface area (Å²) in [5.74, 6) is 0.690. The van der Waals surface area contributed by atoms with Crippen molar-refractivity contribution in [2.24, 2.45) is 5.92 Å². The van der Waals surface area contributed by atoms with Crippen LogP contribution in [0.15, 0.2) is 0 Å². The number of aryl methyl sites for hydroxylation is 1. The van der Waals surface area contributed by atoms with Crippen molar-refractivity contribution >= 4 is 11.3 Å². The molecule has 1 heterocycles. The Morgan fingerprint density at radius 1 is 1.00 bits per heavy atom. The van der Waals surface area contributed by atoms with Crippen molar-refractivity contribution in [3.05, 3.63) is 10.0 Å². The summed E-state index contributed by atoms with van der Waals surface area (Å²) >= 11 is 1.77. The number of nitrogens with zero attached hydrogens (tertiary/aromatic N) is 2. The maximum atomic E-state index is 4.28. The Morgan fingerprint density at radius 3 is 2.42 bits per heavy atom. The fraction of sp³-hybridized carbons (Fsp3) is 0.867. The predicted molar refractivity (Wildman–Crippen MR) is 83.5 cm³/mol. The molecule has 0 aliphatic rings. The van der Waals surface area contributed by atoms with E-state index in [1.807, 2.05) is 0 Å². The zero-order valence-corrected chi connectivity index (χ0v) is 13.6. The molecule has 0 aliphatic heterocycles. The van der Waals surface area contributed by atoms with Crippen molar-refractivity contribution in [2.45, 2.75) is 72.3 Å².